The van der Waals surface area contributed by atoms with Gasteiger partial charge in [0.25, 0.3) is 0 Å². The van der Waals surface area contributed by atoms with Crippen molar-refractivity contribution in [2.24, 2.45) is 0 Å². The van der Waals surface area contributed by atoms with Gasteiger partial charge in [-0.1, -0.05) is 67.8 Å². The first kappa shape index (κ1) is 9.72. The number of rotatable bonds is 4. The Kier molecular flexibility index (Phi) is 2.68. The Morgan fingerprint density at radius 3 is 2.47 bits per heavy atom. The van der Waals surface area contributed by atoms with E-state index in [1.807, 2.05) is 18.2 Å². The lowest BCUT2D eigenvalue weighted by molar-refractivity contribution is 1.18. The van der Waals surface area contributed by atoms with Crippen molar-refractivity contribution < 1.29 is 0 Å². The van der Waals surface area contributed by atoms with Gasteiger partial charge in [-0.2, -0.15) is 0 Å². The third kappa shape index (κ3) is 1.99. The van der Waals surface area contributed by atoms with Crippen LogP contribution < -0.4 is 0 Å². The lowest BCUT2D eigenvalue weighted by atomic mass is 10.0. The van der Waals surface area contributed by atoms with Crippen molar-refractivity contribution in [3.05, 3.63) is 84.5 Å². The summed E-state index contributed by atoms with van der Waals surface area (Å²) in [5.74, 6) is 0.482. The highest BCUT2D eigenvalue weighted by Crippen LogP contribution is 2.43. The minimum atomic E-state index is 0.482. The van der Waals surface area contributed by atoms with Crippen LogP contribution in [-0.2, 0) is 0 Å². The summed E-state index contributed by atoms with van der Waals surface area (Å²) in [7, 11) is 0. The number of allylic oxidation sites excluding steroid dienone is 6. The molecule has 0 aliphatic heterocycles. The van der Waals surface area contributed by atoms with Crippen LogP contribution in [0.3, 0.4) is 0 Å². The van der Waals surface area contributed by atoms with E-state index >= 15 is 0 Å². The molecule has 0 saturated carbocycles. The van der Waals surface area contributed by atoms with Crippen molar-refractivity contribution in [2.45, 2.75) is 5.92 Å². The predicted molar refractivity (Wildman–Crippen MR) is 65.7 cm³/mol. The second kappa shape index (κ2) is 4.14. The molecule has 1 aromatic rings. The van der Waals surface area contributed by atoms with E-state index in [2.05, 4.69) is 43.5 Å². The third-order valence-electron chi connectivity index (χ3n) is 2.58. The van der Waals surface area contributed by atoms with Crippen LogP contribution in [0, 0.1) is 0 Å². The topological polar surface area (TPSA) is 0 Å². The molecule has 74 valence electrons. The normalized spacial score (nSPS) is 19.3. The van der Waals surface area contributed by atoms with Crippen molar-refractivity contribution >= 4 is 0 Å². The molecule has 2 rings (SSSR count). The quantitative estimate of drug-likeness (QED) is 0.635. The van der Waals surface area contributed by atoms with Crippen LogP contribution in [-0.4, -0.2) is 0 Å². The van der Waals surface area contributed by atoms with Gasteiger partial charge in [0.05, 0.1) is 0 Å². The van der Waals surface area contributed by atoms with Gasteiger partial charge in [-0.15, -0.1) is 0 Å². The van der Waals surface area contributed by atoms with E-state index in [9.17, 15) is 0 Å². The summed E-state index contributed by atoms with van der Waals surface area (Å²) in [5, 5.41) is 0. The van der Waals surface area contributed by atoms with Crippen molar-refractivity contribution in [2.75, 3.05) is 0 Å². The molecule has 0 heterocycles. The Morgan fingerprint density at radius 2 is 1.87 bits per heavy atom. The molecule has 0 N–H and O–H groups in total. The van der Waals surface area contributed by atoms with E-state index in [1.165, 1.54) is 16.7 Å². The van der Waals surface area contributed by atoms with Gasteiger partial charge in [-0.25, -0.2) is 0 Å². The highest BCUT2D eigenvalue weighted by atomic mass is 14.3. The maximum Gasteiger partial charge on any atom is 0.0278 e. The minimum absolute atomic E-state index is 0.482. The van der Waals surface area contributed by atoms with Crippen LogP contribution >= 0.6 is 0 Å². The summed E-state index contributed by atoms with van der Waals surface area (Å²) in [5.41, 5.74) is 3.89. The molecule has 0 nitrogen and oxygen atoms in total. The maximum atomic E-state index is 3.81. The highest BCUT2D eigenvalue weighted by molar-refractivity contribution is 5.60. The van der Waals surface area contributed by atoms with Crippen LogP contribution in [0.2, 0.25) is 0 Å². The average molecular weight is 194 g/mol. The predicted octanol–water partition coefficient (Wildman–Crippen LogP) is 4.01. The van der Waals surface area contributed by atoms with E-state index in [0.717, 1.165) is 0 Å². The second-order valence-electron chi connectivity index (χ2n) is 3.57. The van der Waals surface area contributed by atoms with Gasteiger partial charge < -0.3 is 0 Å². The minimum Gasteiger partial charge on any atom is -0.0990 e. The Balaban J connectivity index is 2.13. The third-order valence-corrected chi connectivity index (χ3v) is 2.58. The number of hydrogen-bond donors (Lipinski definition) is 0. The number of benzene rings is 1. The van der Waals surface area contributed by atoms with E-state index < -0.39 is 0 Å². The molecule has 1 aliphatic rings. The molecule has 0 bridgehead atoms. The van der Waals surface area contributed by atoms with Crippen LogP contribution in [0.1, 0.15) is 11.5 Å². The van der Waals surface area contributed by atoms with Gasteiger partial charge in [0.2, 0.25) is 0 Å². The molecule has 15 heavy (non-hydrogen) atoms. The van der Waals surface area contributed by atoms with Gasteiger partial charge in [0.15, 0.2) is 0 Å². The first-order chi connectivity index (χ1) is 7.36. The van der Waals surface area contributed by atoms with Crippen molar-refractivity contribution in [1.29, 1.82) is 0 Å². The summed E-state index contributed by atoms with van der Waals surface area (Å²) in [4.78, 5) is 0. The fourth-order valence-corrected chi connectivity index (χ4v) is 1.75. The van der Waals surface area contributed by atoms with Gasteiger partial charge in [0.1, 0.15) is 0 Å². The first-order valence-electron chi connectivity index (χ1n) is 5.09. The lowest BCUT2D eigenvalue weighted by Gasteiger charge is -2.01. The molecule has 0 radical (unpaired) electrons. The molecule has 1 unspecified atom stereocenters. The summed E-state index contributed by atoms with van der Waals surface area (Å²) >= 11 is 0. The van der Waals surface area contributed by atoms with Crippen LogP contribution in [0.4, 0.5) is 0 Å². The fourth-order valence-electron chi connectivity index (χ4n) is 1.75. The molecule has 0 fully saturated rings. The zero-order chi connectivity index (χ0) is 10.7. The van der Waals surface area contributed by atoms with Gasteiger partial charge in [0, 0.05) is 5.92 Å². The molecule has 1 aliphatic carbocycles. The molecule has 0 aromatic heterocycles. The highest BCUT2D eigenvalue weighted by Gasteiger charge is 2.27. The van der Waals surface area contributed by atoms with Gasteiger partial charge in [-0.05, 0) is 16.7 Å². The molecule has 0 saturated heterocycles. The monoisotopic (exact) mass is 194 g/mol. The smallest absolute Gasteiger partial charge is 0.0278 e. The van der Waals surface area contributed by atoms with Crippen molar-refractivity contribution in [3.63, 3.8) is 0 Å². The lowest BCUT2D eigenvalue weighted by Crippen LogP contribution is -1.83. The Hall–Kier alpha value is -1.82. The van der Waals surface area contributed by atoms with E-state index in [4.69, 9.17) is 0 Å². The van der Waals surface area contributed by atoms with E-state index in [1.54, 1.807) is 6.08 Å². The molecule has 0 amide bonds. The Labute approximate surface area is 91.0 Å². The van der Waals surface area contributed by atoms with Crippen LogP contribution in [0.25, 0.3) is 0 Å². The molecular weight excluding hydrogens is 180 g/mol. The molecular formula is C15H14. The van der Waals surface area contributed by atoms with E-state index in [-0.39, 0.29) is 0 Å². The Morgan fingerprint density at radius 1 is 1.13 bits per heavy atom. The molecule has 0 heteroatoms. The van der Waals surface area contributed by atoms with E-state index in [0.29, 0.717) is 5.92 Å². The summed E-state index contributed by atoms with van der Waals surface area (Å²) in [6.07, 6.45) is 7.95. The fraction of sp³-hybridized carbons (Fsp3) is 0.0667. The maximum absolute atomic E-state index is 3.81. The Bertz CT molecular complexity index is 432. The average Bonchev–Trinajstić information content (AvgIpc) is 3.07. The largest absolute Gasteiger partial charge is 0.0990 e. The molecule has 1 aromatic carbocycles. The standard InChI is InChI=1S/C15H14/c1-3-8-12(4-2)14-11-15(14)13-9-6-5-7-10-13/h3-11,15H,1-2H2/b12-8+. The SMILES string of the molecule is C=C/C=C(\C=C)C1=CC1c1ccccc1. The summed E-state index contributed by atoms with van der Waals surface area (Å²) in [6, 6.07) is 10.5. The summed E-state index contributed by atoms with van der Waals surface area (Å²) < 4.78 is 0. The zero-order valence-electron chi connectivity index (χ0n) is 8.69. The molecule has 1 atom stereocenters. The van der Waals surface area contributed by atoms with Gasteiger partial charge in [-0.3, -0.25) is 0 Å². The van der Waals surface area contributed by atoms with Crippen LogP contribution in [0.15, 0.2) is 78.9 Å². The molecule has 0 spiro atoms. The number of hydrogen-bond acceptors (Lipinski definition) is 0. The van der Waals surface area contributed by atoms with Crippen molar-refractivity contribution in [3.8, 4) is 0 Å². The summed E-state index contributed by atoms with van der Waals surface area (Å²) in [6.45, 7) is 7.52. The van der Waals surface area contributed by atoms with Crippen molar-refractivity contribution in [1.82, 2.24) is 0 Å². The van der Waals surface area contributed by atoms with Gasteiger partial charge >= 0.3 is 0 Å². The van der Waals surface area contributed by atoms with Crippen LogP contribution in [0.5, 0.6) is 0 Å². The zero-order valence-corrected chi connectivity index (χ0v) is 8.69. The first-order valence-corrected chi connectivity index (χ1v) is 5.09. The second-order valence-corrected chi connectivity index (χ2v) is 3.57.